The normalized spacial score (nSPS) is 11.3. The van der Waals surface area contributed by atoms with Gasteiger partial charge in [0, 0.05) is 18.1 Å². The summed E-state index contributed by atoms with van der Waals surface area (Å²) in [5.74, 6) is 0.561. The maximum Gasteiger partial charge on any atom is 0.180 e. The van der Waals surface area contributed by atoms with Gasteiger partial charge < -0.3 is 10.0 Å². The highest BCUT2D eigenvalue weighted by molar-refractivity contribution is 5.73. The molecule has 5 nitrogen and oxygen atoms in total. The fourth-order valence-corrected chi connectivity index (χ4v) is 1.85. The zero-order chi connectivity index (χ0) is 13.9. The number of hydrogen-bond acceptors (Lipinski definition) is 5. The molecule has 0 saturated heterocycles. The van der Waals surface area contributed by atoms with Gasteiger partial charge in [0.05, 0.1) is 1.37 Å². The SMILES string of the molecule is [2H]c1cnc2ccc(N(CO)c3ccccc3)nc2n1. The average molecular weight is 253 g/mol. The quantitative estimate of drug-likeness (QED) is 0.724. The lowest BCUT2D eigenvalue weighted by Gasteiger charge is -2.20. The number of benzene rings is 1. The number of pyridine rings is 1. The third-order valence-electron chi connectivity index (χ3n) is 2.76. The topological polar surface area (TPSA) is 62.1 Å². The van der Waals surface area contributed by atoms with Crippen LogP contribution in [0.15, 0.2) is 54.8 Å². The van der Waals surface area contributed by atoms with Crippen molar-refractivity contribution in [2.24, 2.45) is 0 Å². The lowest BCUT2D eigenvalue weighted by atomic mass is 10.3. The molecule has 94 valence electrons. The fraction of sp³-hybridized carbons (Fsp3) is 0.0714. The second-order valence-corrected chi connectivity index (χ2v) is 3.92. The molecule has 0 aliphatic rings. The van der Waals surface area contributed by atoms with Gasteiger partial charge >= 0.3 is 0 Å². The van der Waals surface area contributed by atoms with E-state index in [-0.39, 0.29) is 12.9 Å². The van der Waals surface area contributed by atoms with Crippen LogP contribution in [0.2, 0.25) is 0 Å². The smallest absolute Gasteiger partial charge is 0.180 e. The summed E-state index contributed by atoms with van der Waals surface area (Å²) in [5.41, 5.74) is 1.84. The van der Waals surface area contributed by atoms with E-state index in [0.29, 0.717) is 17.0 Å². The molecule has 2 aromatic heterocycles. The van der Waals surface area contributed by atoms with Crippen LogP contribution >= 0.6 is 0 Å². The van der Waals surface area contributed by atoms with Crippen LogP contribution in [0.3, 0.4) is 0 Å². The van der Waals surface area contributed by atoms with Gasteiger partial charge in [0.15, 0.2) is 5.65 Å². The van der Waals surface area contributed by atoms with Gasteiger partial charge in [-0.1, -0.05) is 18.2 Å². The molecule has 19 heavy (non-hydrogen) atoms. The number of rotatable bonds is 3. The van der Waals surface area contributed by atoms with Crippen molar-refractivity contribution in [3.63, 3.8) is 0 Å². The number of nitrogens with zero attached hydrogens (tertiary/aromatic N) is 4. The van der Waals surface area contributed by atoms with E-state index in [9.17, 15) is 5.11 Å². The highest BCUT2D eigenvalue weighted by atomic mass is 16.3. The van der Waals surface area contributed by atoms with Crippen LogP contribution in [0, 0.1) is 0 Å². The van der Waals surface area contributed by atoms with Crippen molar-refractivity contribution in [2.75, 3.05) is 11.6 Å². The first-order valence-electron chi connectivity index (χ1n) is 6.32. The van der Waals surface area contributed by atoms with Crippen molar-refractivity contribution in [3.8, 4) is 0 Å². The molecule has 5 heteroatoms. The summed E-state index contributed by atoms with van der Waals surface area (Å²) in [5, 5.41) is 9.57. The first kappa shape index (κ1) is 10.4. The van der Waals surface area contributed by atoms with E-state index in [1.54, 1.807) is 17.0 Å². The maximum atomic E-state index is 9.57. The Morgan fingerprint density at radius 2 is 1.95 bits per heavy atom. The molecule has 0 bridgehead atoms. The van der Waals surface area contributed by atoms with Gasteiger partial charge in [-0.3, -0.25) is 4.98 Å². The van der Waals surface area contributed by atoms with Gasteiger partial charge in [0.1, 0.15) is 18.1 Å². The Bertz CT molecular complexity index is 736. The minimum Gasteiger partial charge on any atom is -0.376 e. The highest BCUT2D eigenvalue weighted by Crippen LogP contribution is 2.23. The van der Waals surface area contributed by atoms with Gasteiger partial charge in [-0.25, -0.2) is 9.97 Å². The summed E-state index contributed by atoms with van der Waals surface area (Å²) >= 11 is 0. The molecule has 0 amide bonds. The molecule has 0 unspecified atom stereocenters. The van der Waals surface area contributed by atoms with Crippen LogP contribution in [0.4, 0.5) is 11.5 Å². The molecule has 0 atom stereocenters. The van der Waals surface area contributed by atoms with Crippen LogP contribution in [-0.4, -0.2) is 26.8 Å². The molecule has 0 saturated carbocycles. The van der Waals surface area contributed by atoms with Crippen LogP contribution in [0.25, 0.3) is 11.2 Å². The van der Waals surface area contributed by atoms with E-state index in [4.69, 9.17) is 1.37 Å². The molecule has 2 heterocycles. The summed E-state index contributed by atoms with van der Waals surface area (Å²) in [6.07, 6.45) is 1.45. The van der Waals surface area contributed by atoms with Crippen LogP contribution in [0.5, 0.6) is 0 Å². The van der Waals surface area contributed by atoms with Gasteiger partial charge in [-0.2, -0.15) is 0 Å². The van der Waals surface area contributed by atoms with E-state index in [0.717, 1.165) is 5.69 Å². The second kappa shape index (κ2) is 4.99. The van der Waals surface area contributed by atoms with E-state index >= 15 is 0 Å². The van der Waals surface area contributed by atoms with Crippen molar-refractivity contribution in [1.82, 2.24) is 15.0 Å². The molecule has 1 aromatic carbocycles. The highest BCUT2D eigenvalue weighted by Gasteiger charge is 2.10. The van der Waals surface area contributed by atoms with Crippen molar-refractivity contribution in [1.29, 1.82) is 0 Å². The summed E-state index contributed by atoms with van der Waals surface area (Å²) in [4.78, 5) is 14.1. The number of anilines is 2. The summed E-state index contributed by atoms with van der Waals surface area (Å²) in [6, 6.07) is 13.0. The van der Waals surface area contributed by atoms with Crippen molar-refractivity contribution in [3.05, 3.63) is 54.8 Å². The lowest BCUT2D eigenvalue weighted by Crippen LogP contribution is -2.19. The minimum absolute atomic E-state index is 0.0670. The molecule has 0 spiro atoms. The first-order chi connectivity index (χ1) is 9.78. The Kier molecular flexibility index (Phi) is 2.73. The largest absolute Gasteiger partial charge is 0.376 e. The number of aromatic nitrogens is 3. The van der Waals surface area contributed by atoms with Gasteiger partial charge in [-0.05, 0) is 24.3 Å². The Balaban J connectivity index is 2.08. The van der Waals surface area contributed by atoms with Crippen LogP contribution < -0.4 is 4.90 Å². The Labute approximate surface area is 111 Å². The summed E-state index contributed by atoms with van der Waals surface area (Å²) in [6.45, 7) is -0.198. The number of para-hydroxylation sites is 1. The van der Waals surface area contributed by atoms with Crippen molar-refractivity contribution < 1.29 is 6.48 Å². The van der Waals surface area contributed by atoms with Crippen LogP contribution in [0.1, 0.15) is 1.37 Å². The molecular weight excluding hydrogens is 240 g/mol. The second-order valence-electron chi connectivity index (χ2n) is 3.92. The summed E-state index contributed by atoms with van der Waals surface area (Å²) < 4.78 is 7.49. The van der Waals surface area contributed by atoms with Crippen molar-refractivity contribution in [2.45, 2.75) is 0 Å². The summed E-state index contributed by atoms with van der Waals surface area (Å²) in [7, 11) is 0. The predicted molar refractivity (Wildman–Crippen MR) is 73.0 cm³/mol. The van der Waals surface area contributed by atoms with E-state index in [1.807, 2.05) is 30.3 Å². The number of fused-ring (bicyclic) bond motifs is 1. The number of aliphatic hydroxyl groups excluding tert-OH is 1. The Morgan fingerprint density at radius 1 is 1.11 bits per heavy atom. The maximum absolute atomic E-state index is 9.57. The van der Waals surface area contributed by atoms with Gasteiger partial charge in [0.2, 0.25) is 0 Å². The molecule has 0 fully saturated rings. The third-order valence-corrected chi connectivity index (χ3v) is 2.76. The monoisotopic (exact) mass is 253 g/mol. The van der Waals surface area contributed by atoms with E-state index < -0.39 is 0 Å². The Morgan fingerprint density at radius 3 is 2.74 bits per heavy atom. The molecular formula is C14H12N4O. The minimum atomic E-state index is -0.198. The molecule has 0 aliphatic carbocycles. The molecule has 3 aromatic rings. The predicted octanol–water partition coefficient (Wildman–Crippen LogP) is 2.11. The lowest BCUT2D eigenvalue weighted by molar-refractivity contribution is 0.304. The van der Waals surface area contributed by atoms with Crippen LogP contribution in [-0.2, 0) is 0 Å². The molecule has 1 N–H and O–H groups in total. The zero-order valence-corrected chi connectivity index (χ0v) is 10.1. The number of aliphatic hydroxyl groups is 1. The average Bonchev–Trinajstić information content (AvgIpc) is 2.49. The zero-order valence-electron chi connectivity index (χ0n) is 11.1. The Hall–Kier alpha value is -2.53. The first-order valence-corrected chi connectivity index (χ1v) is 5.82. The molecule has 3 rings (SSSR count). The van der Waals surface area contributed by atoms with E-state index in [1.165, 1.54) is 6.20 Å². The standard InChI is InChI=1S/C14H12N4O/c19-10-18(11-4-2-1-3-5-11)13-7-6-12-14(17-13)16-9-8-15-12/h1-9,19H,10H2/i9D. The fourth-order valence-electron chi connectivity index (χ4n) is 1.85. The molecule has 0 aliphatic heterocycles. The van der Waals surface area contributed by atoms with Crippen molar-refractivity contribution >= 4 is 22.7 Å². The third kappa shape index (κ3) is 2.23. The molecule has 0 radical (unpaired) electrons. The van der Waals surface area contributed by atoms with E-state index in [2.05, 4.69) is 15.0 Å². The number of hydrogen-bond donors (Lipinski definition) is 1. The van der Waals surface area contributed by atoms with Gasteiger partial charge in [0.25, 0.3) is 0 Å². The van der Waals surface area contributed by atoms with Gasteiger partial charge in [-0.15, -0.1) is 0 Å².